The monoisotopic (exact) mass is 216 g/mol. The van der Waals surface area contributed by atoms with Gasteiger partial charge in [0, 0.05) is 5.56 Å². The van der Waals surface area contributed by atoms with Crippen molar-refractivity contribution < 1.29 is 9.63 Å². The fourth-order valence-corrected chi connectivity index (χ4v) is 1.38. The highest BCUT2D eigenvalue weighted by Gasteiger charge is 2.17. The van der Waals surface area contributed by atoms with Crippen molar-refractivity contribution in [2.24, 2.45) is 16.8 Å². The minimum atomic E-state index is -0.453. The molecule has 0 aromatic heterocycles. The molecule has 0 radical (unpaired) electrons. The molecule has 1 unspecified atom stereocenters. The van der Waals surface area contributed by atoms with Crippen LogP contribution in [0.3, 0.4) is 0 Å². The number of hydrogen-bond acceptors (Lipinski definition) is 3. The van der Waals surface area contributed by atoms with E-state index in [0.717, 1.165) is 5.56 Å². The first-order valence-electron chi connectivity index (χ1n) is 5.00. The quantitative estimate of drug-likeness (QED) is 0.815. The maximum Gasteiger partial charge on any atom is 0.226 e. The Bertz CT molecular complexity index is 478. The average molecular weight is 216 g/mol. The third-order valence-electron chi connectivity index (χ3n) is 2.47. The minimum absolute atomic E-state index is 0.419. The number of fused-ring (bicyclic) bond motifs is 1. The van der Waals surface area contributed by atoms with Crippen LogP contribution in [0.1, 0.15) is 12.5 Å². The summed E-state index contributed by atoms with van der Waals surface area (Å²) >= 11 is 0. The number of hydrogen-bond donors (Lipinski definition) is 1. The molecule has 82 valence electrons. The summed E-state index contributed by atoms with van der Waals surface area (Å²) < 4.78 is 0. The van der Waals surface area contributed by atoms with Crippen LogP contribution in [0.5, 0.6) is 5.75 Å². The molecule has 2 rings (SSSR count). The van der Waals surface area contributed by atoms with Gasteiger partial charge in [-0.05, 0) is 25.1 Å². The number of carbonyl (C=O) groups is 1. The number of para-hydroxylation sites is 1. The molecule has 1 amide bonds. The van der Waals surface area contributed by atoms with E-state index in [4.69, 9.17) is 10.6 Å². The van der Waals surface area contributed by atoms with E-state index in [-0.39, 0.29) is 0 Å². The molecule has 1 aromatic carbocycles. The van der Waals surface area contributed by atoms with Crippen molar-refractivity contribution >= 4 is 17.7 Å². The molecule has 1 aromatic rings. The van der Waals surface area contributed by atoms with Gasteiger partial charge in [-0.15, -0.1) is 0 Å². The first kappa shape index (κ1) is 10.4. The van der Waals surface area contributed by atoms with Gasteiger partial charge in [-0.1, -0.05) is 23.4 Å². The maximum atomic E-state index is 11.0. The molecule has 0 bridgehead atoms. The Kier molecular flexibility index (Phi) is 2.72. The van der Waals surface area contributed by atoms with Crippen LogP contribution in [0.2, 0.25) is 0 Å². The molecular formula is C12H12N2O2. The Morgan fingerprint density at radius 3 is 2.88 bits per heavy atom. The highest BCUT2D eigenvalue weighted by molar-refractivity contribution is 6.10. The van der Waals surface area contributed by atoms with Crippen molar-refractivity contribution in [3.8, 4) is 5.75 Å². The lowest BCUT2D eigenvalue weighted by Gasteiger charge is -2.05. The Morgan fingerprint density at radius 2 is 2.12 bits per heavy atom. The zero-order chi connectivity index (χ0) is 11.5. The molecular weight excluding hydrogens is 204 g/mol. The van der Waals surface area contributed by atoms with Gasteiger partial charge in [-0.25, -0.2) is 0 Å². The van der Waals surface area contributed by atoms with Gasteiger partial charge < -0.3 is 10.6 Å². The molecule has 0 fully saturated rings. The summed E-state index contributed by atoms with van der Waals surface area (Å²) in [6, 6.07) is 7.51. The summed E-state index contributed by atoms with van der Waals surface area (Å²) in [4.78, 5) is 16.3. The number of allylic oxidation sites excluding steroid dienone is 1. The van der Waals surface area contributed by atoms with E-state index in [1.54, 1.807) is 13.0 Å². The van der Waals surface area contributed by atoms with Crippen molar-refractivity contribution in [2.75, 3.05) is 0 Å². The second-order valence-corrected chi connectivity index (χ2v) is 3.60. The summed E-state index contributed by atoms with van der Waals surface area (Å²) in [5, 5.41) is 3.91. The molecule has 2 N–H and O–H groups in total. The van der Waals surface area contributed by atoms with E-state index in [1.165, 1.54) is 0 Å². The van der Waals surface area contributed by atoms with Crippen molar-refractivity contribution in [2.45, 2.75) is 6.92 Å². The molecule has 0 saturated carbocycles. The molecule has 16 heavy (non-hydrogen) atoms. The number of nitrogens with zero attached hydrogens (tertiary/aromatic N) is 1. The smallest absolute Gasteiger partial charge is 0.226 e. The lowest BCUT2D eigenvalue weighted by Crippen LogP contribution is -2.27. The van der Waals surface area contributed by atoms with Crippen LogP contribution in [0.4, 0.5) is 0 Å². The molecule has 4 nitrogen and oxygen atoms in total. The summed E-state index contributed by atoms with van der Waals surface area (Å²) in [5.41, 5.74) is 6.67. The third kappa shape index (κ3) is 1.95. The van der Waals surface area contributed by atoms with Gasteiger partial charge in [-0.2, -0.15) is 0 Å². The lowest BCUT2D eigenvalue weighted by atomic mass is 10.0. The summed E-state index contributed by atoms with van der Waals surface area (Å²) in [6.07, 6.45) is 3.61. The van der Waals surface area contributed by atoms with Crippen LogP contribution in [-0.2, 0) is 4.79 Å². The molecule has 1 atom stereocenters. The van der Waals surface area contributed by atoms with E-state index in [0.29, 0.717) is 11.5 Å². The first-order chi connectivity index (χ1) is 7.68. The van der Waals surface area contributed by atoms with Crippen molar-refractivity contribution in [1.29, 1.82) is 0 Å². The molecule has 4 heteroatoms. The Balaban J connectivity index is 2.31. The molecule has 1 heterocycles. The second kappa shape index (κ2) is 4.18. The molecule has 0 saturated heterocycles. The van der Waals surface area contributed by atoms with Crippen LogP contribution in [0.25, 0.3) is 6.08 Å². The van der Waals surface area contributed by atoms with Crippen LogP contribution < -0.4 is 10.6 Å². The van der Waals surface area contributed by atoms with E-state index in [2.05, 4.69) is 5.16 Å². The molecule has 1 aliphatic heterocycles. The largest absolute Gasteiger partial charge is 0.369 e. The lowest BCUT2D eigenvalue weighted by molar-refractivity contribution is -0.119. The number of amides is 1. The zero-order valence-corrected chi connectivity index (χ0v) is 8.88. The summed E-state index contributed by atoms with van der Waals surface area (Å²) in [7, 11) is 0. The topological polar surface area (TPSA) is 64.7 Å². The van der Waals surface area contributed by atoms with Crippen molar-refractivity contribution in [1.82, 2.24) is 0 Å². The fraction of sp³-hybridized carbons (Fsp3) is 0.167. The third-order valence-corrected chi connectivity index (χ3v) is 2.47. The first-order valence-corrected chi connectivity index (χ1v) is 5.00. The Labute approximate surface area is 93.4 Å². The summed E-state index contributed by atoms with van der Waals surface area (Å²) in [6.45, 7) is 1.70. The molecule has 0 spiro atoms. The maximum absolute atomic E-state index is 11.0. The van der Waals surface area contributed by atoms with Crippen molar-refractivity contribution in [3.05, 3.63) is 35.9 Å². The van der Waals surface area contributed by atoms with Gasteiger partial charge in [0.15, 0.2) is 5.75 Å². The van der Waals surface area contributed by atoms with Gasteiger partial charge >= 0.3 is 0 Å². The predicted octanol–water partition coefficient (Wildman–Crippen LogP) is 1.57. The van der Waals surface area contributed by atoms with Crippen LogP contribution in [-0.4, -0.2) is 11.6 Å². The van der Waals surface area contributed by atoms with Crippen LogP contribution >= 0.6 is 0 Å². The Hall–Kier alpha value is -2.10. The van der Waals surface area contributed by atoms with Crippen LogP contribution in [0.15, 0.2) is 35.5 Å². The number of primary amides is 1. The highest BCUT2D eigenvalue weighted by Crippen LogP contribution is 2.22. The zero-order valence-electron chi connectivity index (χ0n) is 8.88. The normalized spacial score (nSPS) is 15.4. The second-order valence-electron chi connectivity index (χ2n) is 3.60. The standard InChI is InChI=1S/C12H12N2O2/c1-8(12(13)15)10-7-6-9-4-2-3-5-11(9)16-14-10/h2-8H,1H3,(H2,13,15). The van der Waals surface area contributed by atoms with Gasteiger partial charge in [0.05, 0.1) is 11.6 Å². The number of rotatable bonds is 2. The van der Waals surface area contributed by atoms with Crippen LogP contribution in [0, 0.1) is 5.92 Å². The minimum Gasteiger partial charge on any atom is -0.369 e. The van der Waals surface area contributed by atoms with Crippen molar-refractivity contribution in [3.63, 3.8) is 0 Å². The van der Waals surface area contributed by atoms with E-state index >= 15 is 0 Å². The Morgan fingerprint density at radius 1 is 1.38 bits per heavy atom. The van der Waals surface area contributed by atoms with E-state index < -0.39 is 11.8 Å². The van der Waals surface area contributed by atoms with Gasteiger partial charge in [0.2, 0.25) is 5.91 Å². The SMILES string of the molecule is CC(C(N)=O)C1=NOc2ccccc2C=C1. The predicted molar refractivity (Wildman–Crippen MR) is 61.9 cm³/mol. The van der Waals surface area contributed by atoms with Gasteiger partial charge in [0.25, 0.3) is 0 Å². The van der Waals surface area contributed by atoms with E-state index in [1.807, 2.05) is 30.3 Å². The fourth-order valence-electron chi connectivity index (χ4n) is 1.38. The average Bonchev–Trinajstić information content (AvgIpc) is 2.50. The molecule has 0 aliphatic carbocycles. The van der Waals surface area contributed by atoms with Gasteiger partial charge in [0.1, 0.15) is 0 Å². The summed E-state index contributed by atoms with van der Waals surface area (Å²) in [5.74, 6) is -0.200. The molecule has 1 aliphatic rings. The highest BCUT2D eigenvalue weighted by atomic mass is 16.6. The van der Waals surface area contributed by atoms with E-state index in [9.17, 15) is 4.79 Å². The van der Waals surface area contributed by atoms with Gasteiger partial charge in [-0.3, -0.25) is 4.79 Å². The number of carbonyl (C=O) groups excluding carboxylic acids is 1. The number of nitrogens with two attached hydrogens (primary N) is 1. The number of benzene rings is 1. The number of oxime groups is 1.